The van der Waals surface area contributed by atoms with E-state index < -0.39 is 28.6 Å². The van der Waals surface area contributed by atoms with Gasteiger partial charge in [-0.1, -0.05) is 25.7 Å². The van der Waals surface area contributed by atoms with E-state index in [1.54, 1.807) is 0 Å². The van der Waals surface area contributed by atoms with Crippen LogP contribution in [0.15, 0.2) is 29.2 Å². The standard InChI is InChI=1S/C20H30N2O6S/c1-3-27-17-10-12-18(13-11-17)29(25,26)21-14-19(23)28-15(2)20(24)22-16-8-6-4-5-7-9-16/h10-13,15-16,21H,3-9,14H2,1-2H3,(H,22,24)/t15-/m1/s1. The van der Waals surface area contributed by atoms with Gasteiger partial charge < -0.3 is 14.8 Å². The normalized spacial score (nSPS) is 16.5. The van der Waals surface area contributed by atoms with Crippen molar-refractivity contribution in [2.75, 3.05) is 13.2 Å². The third-order valence-electron chi connectivity index (χ3n) is 4.73. The summed E-state index contributed by atoms with van der Waals surface area (Å²) in [5.74, 6) is -0.623. The molecule has 0 saturated heterocycles. The molecule has 1 aromatic rings. The number of carbonyl (C=O) groups excluding carboxylic acids is 2. The zero-order valence-electron chi connectivity index (χ0n) is 17.0. The second kappa shape index (κ2) is 11.2. The summed E-state index contributed by atoms with van der Waals surface area (Å²) in [5, 5.41) is 2.91. The third kappa shape index (κ3) is 7.66. The minimum absolute atomic E-state index is 0.00732. The number of hydrogen-bond acceptors (Lipinski definition) is 6. The third-order valence-corrected chi connectivity index (χ3v) is 6.15. The Bertz CT molecular complexity index is 771. The molecule has 0 aromatic heterocycles. The Balaban J connectivity index is 1.80. The van der Waals surface area contributed by atoms with Crippen LogP contribution in [0.2, 0.25) is 0 Å². The molecule has 1 saturated carbocycles. The van der Waals surface area contributed by atoms with Crippen molar-refractivity contribution in [3.05, 3.63) is 24.3 Å². The van der Waals surface area contributed by atoms with E-state index in [0.717, 1.165) is 25.7 Å². The highest BCUT2D eigenvalue weighted by Gasteiger charge is 2.23. The molecule has 2 rings (SSSR count). The van der Waals surface area contributed by atoms with Gasteiger partial charge in [0.1, 0.15) is 12.3 Å². The second-order valence-corrected chi connectivity index (χ2v) is 8.83. The summed E-state index contributed by atoms with van der Waals surface area (Å²) in [6, 6.07) is 5.96. The predicted octanol–water partition coefficient (Wildman–Crippen LogP) is 2.13. The minimum atomic E-state index is -3.88. The number of nitrogens with one attached hydrogen (secondary N) is 2. The van der Waals surface area contributed by atoms with Gasteiger partial charge in [0.15, 0.2) is 6.10 Å². The first kappa shape index (κ1) is 23.2. The maximum atomic E-state index is 12.3. The Morgan fingerprint density at radius 1 is 1.10 bits per heavy atom. The molecular formula is C20H30N2O6S. The maximum Gasteiger partial charge on any atom is 0.321 e. The fourth-order valence-electron chi connectivity index (χ4n) is 3.15. The molecule has 0 bridgehead atoms. The average molecular weight is 427 g/mol. The van der Waals surface area contributed by atoms with Crippen LogP contribution < -0.4 is 14.8 Å². The molecule has 1 atom stereocenters. The summed E-state index contributed by atoms with van der Waals surface area (Å²) in [7, 11) is -3.88. The maximum absolute atomic E-state index is 12.3. The van der Waals surface area contributed by atoms with Crippen molar-refractivity contribution >= 4 is 21.9 Å². The number of ether oxygens (including phenoxy) is 2. The number of esters is 1. The molecule has 1 aliphatic carbocycles. The van der Waals surface area contributed by atoms with Crippen molar-refractivity contribution in [3.63, 3.8) is 0 Å². The molecule has 1 amide bonds. The van der Waals surface area contributed by atoms with E-state index in [-0.39, 0.29) is 16.8 Å². The summed E-state index contributed by atoms with van der Waals surface area (Å²) in [6.45, 7) is 3.22. The van der Waals surface area contributed by atoms with Gasteiger partial charge in [0.05, 0.1) is 11.5 Å². The van der Waals surface area contributed by atoms with Gasteiger partial charge >= 0.3 is 5.97 Å². The number of benzene rings is 1. The first-order chi connectivity index (χ1) is 13.8. The zero-order valence-corrected chi connectivity index (χ0v) is 17.8. The second-order valence-electron chi connectivity index (χ2n) is 7.06. The van der Waals surface area contributed by atoms with Gasteiger partial charge in [0, 0.05) is 6.04 Å². The van der Waals surface area contributed by atoms with E-state index in [1.807, 2.05) is 6.92 Å². The van der Waals surface area contributed by atoms with Crippen LogP contribution in [0, 0.1) is 0 Å². The quantitative estimate of drug-likeness (QED) is 0.462. The van der Waals surface area contributed by atoms with Crippen molar-refractivity contribution in [1.29, 1.82) is 0 Å². The van der Waals surface area contributed by atoms with Crippen LogP contribution in [0.5, 0.6) is 5.75 Å². The molecule has 1 aliphatic rings. The summed E-state index contributed by atoms with van der Waals surface area (Å²) in [6.07, 6.45) is 5.36. The van der Waals surface area contributed by atoms with Gasteiger partial charge in [-0.25, -0.2) is 8.42 Å². The van der Waals surface area contributed by atoms with Crippen molar-refractivity contribution < 1.29 is 27.5 Å². The van der Waals surface area contributed by atoms with E-state index in [2.05, 4.69) is 10.0 Å². The van der Waals surface area contributed by atoms with Gasteiger partial charge in [-0.05, 0) is 51.0 Å². The molecule has 162 valence electrons. The summed E-state index contributed by atoms with van der Waals surface area (Å²) < 4.78 is 37.1. The zero-order chi connectivity index (χ0) is 21.3. The number of sulfonamides is 1. The molecule has 8 nitrogen and oxygen atoms in total. The number of amides is 1. The van der Waals surface area contributed by atoms with Crippen molar-refractivity contribution in [2.45, 2.75) is 69.4 Å². The van der Waals surface area contributed by atoms with E-state index in [1.165, 1.54) is 44.0 Å². The van der Waals surface area contributed by atoms with E-state index in [0.29, 0.717) is 12.4 Å². The lowest BCUT2D eigenvalue weighted by Crippen LogP contribution is -2.43. The van der Waals surface area contributed by atoms with Crippen LogP contribution in [0.25, 0.3) is 0 Å². The van der Waals surface area contributed by atoms with Crippen molar-refractivity contribution in [2.24, 2.45) is 0 Å². The molecule has 1 fully saturated rings. The lowest BCUT2D eigenvalue weighted by Gasteiger charge is -2.19. The highest BCUT2D eigenvalue weighted by Crippen LogP contribution is 2.18. The summed E-state index contributed by atoms with van der Waals surface area (Å²) >= 11 is 0. The molecule has 0 radical (unpaired) electrons. The molecule has 9 heteroatoms. The molecule has 0 spiro atoms. The predicted molar refractivity (Wildman–Crippen MR) is 108 cm³/mol. The van der Waals surface area contributed by atoms with Crippen LogP contribution in [0.4, 0.5) is 0 Å². The fraction of sp³-hybridized carbons (Fsp3) is 0.600. The topological polar surface area (TPSA) is 111 Å². The van der Waals surface area contributed by atoms with Gasteiger partial charge in [-0.2, -0.15) is 4.72 Å². The molecule has 0 unspecified atom stereocenters. The molecule has 0 aliphatic heterocycles. The van der Waals surface area contributed by atoms with E-state index in [9.17, 15) is 18.0 Å². The SMILES string of the molecule is CCOc1ccc(S(=O)(=O)NCC(=O)O[C@H](C)C(=O)NC2CCCCCC2)cc1. The molecule has 29 heavy (non-hydrogen) atoms. The lowest BCUT2D eigenvalue weighted by atomic mass is 10.1. The van der Waals surface area contributed by atoms with Crippen LogP contribution in [0.1, 0.15) is 52.4 Å². The van der Waals surface area contributed by atoms with Crippen LogP contribution >= 0.6 is 0 Å². The monoisotopic (exact) mass is 426 g/mol. The number of rotatable bonds is 9. The van der Waals surface area contributed by atoms with Crippen LogP contribution in [-0.4, -0.2) is 45.6 Å². The van der Waals surface area contributed by atoms with Crippen LogP contribution in [0.3, 0.4) is 0 Å². The molecule has 2 N–H and O–H groups in total. The Morgan fingerprint density at radius 2 is 1.72 bits per heavy atom. The average Bonchev–Trinajstić information content (AvgIpc) is 2.96. The van der Waals surface area contributed by atoms with Crippen molar-refractivity contribution in [1.82, 2.24) is 10.0 Å². The minimum Gasteiger partial charge on any atom is -0.494 e. The van der Waals surface area contributed by atoms with Gasteiger partial charge in [-0.15, -0.1) is 0 Å². The van der Waals surface area contributed by atoms with E-state index in [4.69, 9.17) is 9.47 Å². The highest BCUT2D eigenvalue weighted by atomic mass is 32.2. The van der Waals surface area contributed by atoms with Gasteiger partial charge in [0.2, 0.25) is 10.0 Å². The Morgan fingerprint density at radius 3 is 2.31 bits per heavy atom. The summed E-state index contributed by atoms with van der Waals surface area (Å²) in [5.41, 5.74) is 0. The molecule has 0 heterocycles. The Kier molecular flexibility index (Phi) is 8.91. The Labute approximate surface area is 172 Å². The summed E-state index contributed by atoms with van der Waals surface area (Å²) in [4.78, 5) is 24.2. The van der Waals surface area contributed by atoms with Gasteiger partial charge in [-0.3, -0.25) is 9.59 Å². The highest BCUT2D eigenvalue weighted by molar-refractivity contribution is 7.89. The smallest absolute Gasteiger partial charge is 0.321 e. The van der Waals surface area contributed by atoms with Crippen LogP contribution in [-0.2, 0) is 24.3 Å². The lowest BCUT2D eigenvalue weighted by molar-refractivity contribution is -0.153. The largest absolute Gasteiger partial charge is 0.494 e. The molecule has 1 aromatic carbocycles. The number of hydrogen-bond donors (Lipinski definition) is 2. The first-order valence-electron chi connectivity index (χ1n) is 10.0. The Hall–Kier alpha value is -2.13. The van der Waals surface area contributed by atoms with Gasteiger partial charge in [0.25, 0.3) is 5.91 Å². The van der Waals surface area contributed by atoms with Crippen molar-refractivity contribution in [3.8, 4) is 5.75 Å². The number of carbonyl (C=O) groups is 2. The molecular weight excluding hydrogens is 396 g/mol. The first-order valence-corrected chi connectivity index (χ1v) is 11.5. The van der Waals surface area contributed by atoms with E-state index >= 15 is 0 Å². The fourth-order valence-corrected chi connectivity index (χ4v) is 4.12.